The second-order valence-corrected chi connectivity index (χ2v) is 4.76. The van der Waals surface area contributed by atoms with E-state index in [4.69, 9.17) is 11.6 Å². The smallest absolute Gasteiger partial charge is 0.301 e. The molecule has 110 valence electrons. The van der Waals surface area contributed by atoms with E-state index in [9.17, 15) is 19.7 Å². The minimum absolute atomic E-state index is 0.00938. The molecule has 2 aromatic rings. The summed E-state index contributed by atoms with van der Waals surface area (Å²) in [6, 6.07) is 5.47. The van der Waals surface area contributed by atoms with Gasteiger partial charge in [-0.3, -0.25) is 19.5 Å². The highest BCUT2D eigenvalue weighted by Crippen LogP contribution is 2.25. The fraction of sp³-hybridized carbons (Fsp3) is 0.231. The first kappa shape index (κ1) is 15.0. The molecule has 21 heavy (non-hydrogen) atoms. The molecule has 1 aromatic carbocycles. The van der Waals surface area contributed by atoms with Crippen molar-refractivity contribution in [2.45, 2.75) is 20.0 Å². The van der Waals surface area contributed by atoms with Crippen molar-refractivity contribution in [2.24, 2.45) is 0 Å². The Balaban J connectivity index is 2.48. The topological polar surface area (TPSA) is 87.1 Å². The molecule has 0 N–H and O–H groups in total. The molecule has 2 rings (SSSR count). The van der Waals surface area contributed by atoms with Crippen LogP contribution < -0.4 is 11.2 Å². The molecule has 0 saturated heterocycles. The van der Waals surface area contributed by atoms with Crippen LogP contribution in [0.1, 0.15) is 12.5 Å². The molecule has 0 aliphatic rings. The minimum Gasteiger partial charge on any atom is -0.301 e. The molecular weight excluding hydrogens is 298 g/mol. The highest BCUT2D eigenvalue weighted by atomic mass is 35.5. The number of nitrogens with zero attached hydrogens (tertiary/aromatic N) is 3. The van der Waals surface area contributed by atoms with Gasteiger partial charge in [0.05, 0.1) is 11.5 Å². The molecule has 1 heterocycles. The van der Waals surface area contributed by atoms with Crippen LogP contribution in [0.3, 0.4) is 0 Å². The number of halogens is 1. The molecule has 0 aliphatic heterocycles. The Morgan fingerprint density at radius 1 is 1.29 bits per heavy atom. The fourth-order valence-corrected chi connectivity index (χ4v) is 2.11. The van der Waals surface area contributed by atoms with Gasteiger partial charge in [0, 0.05) is 24.9 Å². The normalized spacial score (nSPS) is 10.6. The maximum atomic E-state index is 12.1. The molecule has 0 unspecified atom stereocenters. The van der Waals surface area contributed by atoms with Gasteiger partial charge >= 0.3 is 5.69 Å². The number of benzene rings is 1. The summed E-state index contributed by atoms with van der Waals surface area (Å²) in [5.41, 5.74) is -0.710. The van der Waals surface area contributed by atoms with E-state index in [1.807, 2.05) is 0 Å². The summed E-state index contributed by atoms with van der Waals surface area (Å²) in [4.78, 5) is 34.1. The van der Waals surface area contributed by atoms with Gasteiger partial charge in [0.1, 0.15) is 5.02 Å². The van der Waals surface area contributed by atoms with Crippen molar-refractivity contribution in [1.29, 1.82) is 0 Å². The molecule has 0 spiro atoms. The number of rotatable bonds is 4. The summed E-state index contributed by atoms with van der Waals surface area (Å²) in [6.45, 7) is 2.17. The Bertz CT molecular complexity index is 810. The van der Waals surface area contributed by atoms with Crippen molar-refractivity contribution in [3.63, 3.8) is 0 Å². The largest absolute Gasteiger partial charge is 0.331 e. The van der Waals surface area contributed by atoms with Crippen LogP contribution in [0, 0.1) is 10.1 Å². The van der Waals surface area contributed by atoms with Gasteiger partial charge in [-0.15, -0.1) is 0 Å². The zero-order valence-electron chi connectivity index (χ0n) is 11.2. The van der Waals surface area contributed by atoms with Crippen LogP contribution in [-0.4, -0.2) is 14.1 Å². The van der Waals surface area contributed by atoms with Crippen molar-refractivity contribution < 1.29 is 4.92 Å². The Hall–Kier alpha value is -2.41. The van der Waals surface area contributed by atoms with Crippen molar-refractivity contribution in [1.82, 2.24) is 9.13 Å². The quantitative estimate of drug-likeness (QED) is 0.634. The standard InChI is InChI=1S/C13H12ClN3O4/c1-2-15-6-5-12(18)16(13(15)19)8-9-3-4-10(14)11(7-9)17(20)21/h3-7H,2,8H2,1H3. The number of aromatic nitrogens is 2. The first-order valence-electron chi connectivity index (χ1n) is 6.17. The number of hydrogen-bond donors (Lipinski definition) is 0. The van der Waals surface area contributed by atoms with Crippen LogP contribution in [0.15, 0.2) is 40.1 Å². The Kier molecular flexibility index (Phi) is 4.23. The van der Waals surface area contributed by atoms with Gasteiger partial charge in [-0.2, -0.15) is 0 Å². The van der Waals surface area contributed by atoms with E-state index < -0.39 is 16.2 Å². The molecule has 0 amide bonds. The summed E-state index contributed by atoms with van der Waals surface area (Å²) in [7, 11) is 0. The lowest BCUT2D eigenvalue weighted by Crippen LogP contribution is -2.38. The maximum Gasteiger partial charge on any atom is 0.331 e. The van der Waals surface area contributed by atoms with Crippen molar-refractivity contribution in [3.8, 4) is 0 Å². The van der Waals surface area contributed by atoms with Gasteiger partial charge in [-0.25, -0.2) is 4.79 Å². The second kappa shape index (κ2) is 5.92. The molecule has 0 radical (unpaired) electrons. The summed E-state index contributed by atoms with van der Waals surface area (Å²) < 4.78 is 2.40. The molecular formula is C13H12ClN3O4. The summed E-state index contributed by atoms with van der Waals surface area (Å²) >= 11 is 5.73. The van der Waals surface area contributed by atoms with Crippen LogP contribution in [0.5, 0.6) is 0 Å². The monoisotopic (exact) mass is 309 g/mol. The lowest BCUT2D eigenvalue weighted by molar-refractivity contribution is -0.384. The second-order valence-electron chi connectivity index (χ2n) is 4.35. The number of hydrogen-bond acceptors (Lipinski definition) is 4. The number of aryl methyl sites for hydroxylation is 1. The zero-order chi connectivity index (χ0) is 15.6. The zero-order valence-corrected chi connectivity index (χ0v) is 11.9. The van der Waals surface area contributed by atoms with Gasteiger partial charge in [0.15, 0.2) is 0 Å². The van der Waals surface area contributed by atoms with Gasteiger partial charge in [0.25, 0.3) is 11.2 Å². The predicted molar refractivity (Wildman–Crippen MR) is 77.8 cm³/mol. The van der Waals surface area contributed by atoms with Crippen molar-refractivity contribution in [3.05, 3.63) is 72.0 Å². The predicted octanol–water partition coefficient (Wildman–Crippen LogP) is 1.64. The number of nitro groups is 1. The van der Waals surface area contributed by atoms with E-state index in [0.717, 1.165) is 4.57 Å². The summed E-state index contributed by atoms with van der Waals surface area (Å²) in [6.07, 6.45) is 1.42. The molecule has 0 saturated carbocycles. The third-order valence-electron chi connectivity index (χ3n) is 3.03. The first-order chi connectivity index (χ1) is 9.93. The summed E-state index contributed by atoms with van der Waals surface area (Å²) in [5, 5.41) is 10.9. The van der Waals surface area contributed by atoms with Crippen LogP contribution in [0.25, 0.3) is 0 Å². The summed E-state index contributed by atoms with van der Waals surface area (Å²) in [5.74, 6) is 0. The number of nitro benzene ring substituents is 1. The first-order valence-corrected chi connectivity index (χ1v) is 6.55. The van der Waals surface area contributed by atoms with E-state index in [1.165, 1.54) is 29.0 Å². The average Bonchev–Trinajstić information content (AvgIpc) is 2.45. The molecule has 1 aromatic heterocycles. The highest BCUT2D eigenvalue weighted by Gasteiger charge is 2.14. The van der Waals surface area contributed by atoms with Gasteiger partial charge in [0.2, 0.25) is 0 Å². The SMILES string of the molecule is CCn1ccc(=O)n(Cc2ccc(Cl)c([N+](=O)[O-])c2)c1=O. The van der Waals surface area contributed by atoms with Gasteiger partial charge in [-0.1, -0.05) is 17.7 Å². The minimum atomic E-state index is -0.607. The third kappa shape index (κ3) is 3.03. The third-order valence-corrected chi connectivity index (χ3v) is 3.35. The van der Waals surface area contributed by atoms with E-state index >= 15 is 0 Å². The molecule has 7 nitrogen and oxygen atoms in total. The lowest BCUT2D eigenvalue weighted by Gasteiger charge is -2.08. The highest BCUT2D eigenvalue weighted by molar-refractivity contribution is 6.32. The average molecular weight is 310 g/mol. The Morgan fingerprint density at radius 2 is 2.00 bits per heavy atom. The fourth-order valence-electron chi connectivity index (χ4n) is 1.92. The van der Waals surface area contributed by atoms with Gasteiger partial charge in [-0.05, 0) is 18.6 Å². The maximum absolute atomic E-state index is 12.1. The van der Waals surface area contributed by atoms with Crippen LogP contribution >= 0.6 is 11.6 Å². The Morgan fingerprint density at radius 3 is 2.62 bits per heavy atom. The molecule has 0 aliphatic carbocycles. The van der Waals surface area contributed by atoms with Crippen LogP contribution in [-0.2, 0) is 13.1 Å². The van der Waals surface area contributed by atoms with E-state index in [0.29, 0.717) is 12.1 Å². The van der Waals surface area contributed by atoms with E-state index in [1.54, 1.807) is 13.0 Å². The molecule has 0 bridgehead atoms. The van der Waals surface area contributed by atoms with Crippen LogP contribution in [0.4, 0.5) is 5.69 Å². The molecule has 0 fully saturated rings. The van der Waals surface area contributed by atoms with Gasteiger partial charge < -0.3 is 4.57 Å². The lowest BCUT2D eigenvalue weighted by atomic mass is 10.2. The van der Waals surface area contributed by atoms with Crippen molar-refractivity contribution >= 4 is 17.3 Å². The van der Waals surface area contributed by atoms with E-state index in [-0.39, 0.29) is 17.3 Å². The van der Waals surface area contributed by atoms with Crippen LogP contribution in [0.2, 0.25) is 5.02 Å². The van der Waals surface area contributed by atoms with Crippen molar-refractivity contribution in [2.75, 3.05) is 0 Å². The molecule has 8 heteroatoms. The Labute approximate surface area is 124 Å². The van der Waals surface area contributed by atoms with E-state index in [2.05, 4.69) is 0 Å². The molecule has 0 atom stereocenters.